The van der Waals surface area contributed by atoms with Crippen molar-refractivity contribution < 1.29 is 9.90 Å². The standard InChI is InChI=1S/C15H21NO2S/c1-4-5-6-9-16(3)15(18)14-11-12(2)13(19-14)8-7-10-17/h11,17H,4-6,9-10H2,1-3H3. The van der Waals surface area contributed by atoms with Gasteiger partial charge in [0, 0.05) is 13.6 Å². The highest BCUT2D eigenvalue weighted by Crippen LogP contribution is 2.22. The van der Waals surface area contributed by atoms with Crippen LogP contribution in [0.25, 0.3) is 0 Å². The Hall–Kier alpha value is -1.31. The third-order valence-corrected chi connectivity index (χ3v) is 3.99. The lowest BCUT2D eigenvalue weighted by Crippen LogP contribution is -2.26. The Balaban J connectivity index is 2.71. The molecule has 104 valence electrons. The number of amides is 1. The van der Waals surface area contributed by atoms with Gasteiger partial charge in [-0.3, -0.25) is 4.79 Å². The molecule has 0 aliphatic heterocycles. The van der Waals surface area contributed by atoms with Crippen LogP contribution in [0.3, 0.4) is 0 Å². The summed E-state index contributed by atoms with van der Waals surface area (Å²) < 4.78 is 0. The number of aliphatic hydroxyl groups is 1. The van der Waals surface area contributed by atoms with Crippen LogP contribution in [0, 0.1) is 18.8 Å². The third-order valence-electron chi connectivity index (χ3n) is 2.85. The predicted molar refractivity (Wildman–Crippen MR) is 79.5 cm³/mol. The molecule has 0 aromatic carbocycles. The van der Waals surface area contributed by atoms with E-state index in [0.29, 0.717) is 0 Å². The predicted octanol–water partition coefficient (Wildman–Crippen LogP) is 2.66. The maximum absolute atomic E-state index is 12.2. The highest BCUT2D eigenvalue weighted by atomic mass is 32.1. The normalized spacial score (nSPS) is 9.89. The molecule has 1 aromatic heterocycles. The largest absolute Gasteiger partial charge is 0.384 e. The number of carbonyl (C=O) groups excluding carboxylic acids is 1. The van der Waals surface area contributed by atoms with Crippen LogP contribution < -0.4 is 0 Å². The Morgan fingerprint density at radius 2 is 2.21 bits per heavy atom. The van der Waals surface area contributed by atoms with Crippen LogP contribution in [0.15, 0.2) is 6.07 Å². The first-order valence-corrected chi connectivity index (χ1v) is 7.37. The zero-order valence-electron chi connectivity index (χ0n) is 11.8. The molecule has 0 aliphatic rings. The van der Waals surface area contributed by atoms with Crippen molar-refractivity contribution >= 4 is 17.2 Å². The van der Waals surface area contributed by atoms with Gasteiger partial charge in [0.15, 0.2) is 0 Å². The van der Waals surface area contributed by atoms with E-state index in [2.05, 4.69) is 18.8 Å². The van der Waals surface area contributed by atoms with Crippen molar-refractivity contribution in [2.45, 2.75) is 33.1 Å². The summed E-state index contributed by atoms with van der Waals surface area (Å²) in [5, 5.41) is 8.70. The van der Waals surface area contributed by atoms with Gasteiger partial charge in [-0.25, -0.2) is 0 Å². The van der Waals surface area contributed by atoms with Crippen molar-refractivity contribution in [1.29, 1.82) is 0 Å². The Labute approximate surface area is 119 Å². The smallest absolute Gasteiger partial charge is 0.263 e. The van der Waals surface area contributed by atoms with Gasteiger partial charge in [-0.15, -0.1) is 11.3 Å². The van der Waals surface area contributed by atoms with Gasteiger partial charge < -0.3 is 10.0 Å². The molecule has 4 heteroatoms. The number of hydrogen-bond acceptors (Lipinski definition) is 3. The lowest BCUT2D eigenvalue weighted by Gasteiger charge is -2.15. The molecule has 1 rings (SSSR count). The zero-order valence-corrected chi connectivity index (χ0v) is 12.6. The Kier molecular flexibility index (Phi) is 6.61. The molecule has 0 bridgehead atoms. The van der Waals surface area contributed by atoms with E-state index >= 15 is 0 Å². The summed E-state index contributed by atoms with van der Waals surface area (Å²) in [4.78, 5) is 15.6. The maximum Gasteiger partial charge on any atom is 0.263 e. The van der Waals surface area contributed by atoms with E-state index in [1.54, 1.807) is 4.90 Å². The van der Waals surface area contributed by atoms with E-state index in [4.69, 9.17) is 5.11 Å². The molecular weight excluding hydrogens is 258 g/mol. The van der Waals surface area contributed by atoms with Crippen LogP contribution in [0.5, 0.6) is 0 Å². The topological polar surface area (TPSA) is 40.5 Å². The fraction of sp³-hybridized carbons (Fsp3) is 0.533. The van der Waals surface area contributed by atoms with Crippen molar-refractivity contribution in [3.63, 3.8) is 0 Å². The monoisotopic (exact) mass is 279 g/mol. The number of carbonyl (C=O) groups is 1. The highest BCUT2D eigenvalue weighted by Gasteiger charge is 2.15. The van der Waals surface area contributed by atoms with Crippen molar-refractivity contribution in [3.05, 3.63) is 21.4 Å². The highest BCUT2D eigenvalue weighted by molar-refractivity contribution is 7.14. The second-order valence-electron chi connectivity index (χ2n) is 4.52. The number of rotatable bonds is 5. The molecule has 1 N–H and O–H groups in total. The molecule has 0 saturated carbocycles. The summed E-state index contributed by atoms with van der Waals surface area (Å²) in [5.41, 5.74) is 0.997. The molecule has 3 nitrogen and oxygen atoms in total. The fourth-order valence-corrected chi connectivity index (χ4v) is 2.76. The third kappa shape index (κ3) is 4.70. The van der Waals surface area contributed by atoms with Crippen molar-refractivity contribution in [3.8, 4) is 11.8 Å². The average Bonchev–Trinajstić information content (AvgIpc) is 2.77. The quantitative estimate of drug-likeness (QED) is 0.665. The summed E-state index contributed by atoms with van der Waals surface area (Å²) in [7, 11) is 1.84. The summed E-state index contributed by atoms with van der Waals surface area (Å²) in [6, 6.07) is 1.88. The minimum absolute atomic E-state index is 0.0567. The van der Waals surface area contributed by atoms with Gasteiger partial charge in [0.25, 0.3) is 5.91 Å². The number of unbranched alkanes of at least 4 members (excludes halogenated alkanes) is 2. The molecule has 0 radical (unpaired) electrons. The molecule has 0 atom stereocenters. The molecule has 0 saturated heterocycles. The Morgan fingerprint density at radius 1 is 1.47 bits per heavy atom. The van der Waals surface area contributed by atoms with E-state index in [-0.39, 0.29) is 12.5 Å². The van der Waals surface area contributed by atoms with E-state index in [0.717, 1.165) is 41.1 Å². The minimum Gasteiger partial charge on any atom is -0.384 e. The summed E-state index contributed by atoms with van der Waals surface area (Å²) >= 11 is 1.40. The molecule has 1 aromatic rings. The van der Waals surface area contributed by atoms with Crippen LogP contribution in [0.4, 0.5) is 0 Å². The van der Waals surface area contributed by atoms with E-state index in [1.165, 1.54) is 11.3 Å². The molecule has 0 aliphatic carbocycles. The lowest BCUT2D eigenvalue weighted by molar-refractivity contribution is 0.0797. The van der Waals surface area contributed by atoms with Gasteiger partial charge in [-0.1, -0.05) is 31.6 Å². The van der Waals surface area contributed by atoms with Crippen molar-refractivity contribution in [2.75, 3.05) is 20.2 Å². The van der Waals surface area contributed by atoms with Gasteiger partial charge in [0.05, 0.1) is 9.75 Å². The summed E-state index contributed by atoms with van der Waals surface area (Å²) in [5.74, 6) is 5.55. The fourth-order valence-electron chi connectivity index (χ4n) is 1.72. The number of hydrogen-bond donors (Lipinski definition) is 1. The molecule has 0 fully saturated rings. The van der Waals surface area contributed by atoms with Gasteiger partial charge >= 0.3 is 0 Å². The first-order valence-electron chi connectivity index (χ1n) is 6.55. The van der Waals surface area contributed by atoms with E-state index in [9.17, 15) is 4.79 Å². The van der Waals surface area contributed by atoms with E-state index in [1.807, 2.05) is 20.0 Å². The van der Waals surface area contributed by atoms with Gasteiger partial charge in [-0.2, -0.15) is 0 Å². The van der Waals surface area contributed by atoms with Gasteiger partial charge in [-0.05, 0) is 25.0 Å². The van der Waals surface area contributed by atoms with Crippen molar-refractivity contribution in [1.82, 2.24) is 4.90 Å². The zero-order chi connectivity index (χ0) is 14.3. The Morgan fingerprint density at radius 3 is 2.84 bits per heavy atom. The lowest BCUT2D eigenvalue weighted by atomic mass is 10.2. The number of aliphatic hydroxyl groups excluding tert-OH is 1. The molecular formula is C15H21NO2S. The van der Waals surface area contributed by atoms with Crippen LogP contribution in [0.2, 0.25) is 0 Å². The Bertz CT molecular complexity index is 482. The van der Waals surface area contributed by atoms with Gasteiger partial charge in [0.2, 0.25) is 0 Å². The molecule has 1 heterocycles. The van der Waals surface area contributed by atoms with Crippen molar-refractivity contribution in [2.24, 2.45) is 0 Å². The average molecular weight is 279 g/mol. The second-order valence-corrected chi connectivity index (χ2v) is 5.57. The minimum atomic E-state index is -0.155. The first-order chi connectivity index (χ1) is 9.10. The first kappa shape index (κ1) is 15.7. The van der Waals surface area contributed by atoms with E-state index < -0.39 is 0 Å². The second kappa shape index (κ2) is 7.98. The number of thiophene rings is 1. The van der Waals surface area contributed by atoms with Crippen LogP contribution in [-0.2, 0) is 0 Å². The number of aryl methyl sites for hydroxylation is 1. The summed E-state index contributed by atoms with van der Waals surface area (Å²) in [6.45, 7) is 4.72. The SMILES string of the molecule is CCCCCN(C)C(=O)c1cc(C)c(C#CCO)s1. The molecule has 0 spiro atoms. The van der Waals surface area contributed by atoms with Gasteiger partial charge in [0.1, 0.15) is 6.61 Å². The molecule has 1 amide bonds. The number of nitrogens with zero attached hydrogens (tertiary/aromatic N) is 1. The van der Waals surface area contributed by atoms with Crippen LogP contribution >= 0.6 is 11.3 Å². The van der Waals surface area contributed by atoms with Crippen LogP contribution in [-0.4, -0.2) is 36.1 Å². The molecule has 19 heavy (non-hydrogen) atoms. The summed E-state index contributed by atoms with van der Waals surface area (Å²) in [6.07, 6.45) is 3.34. The maximum atomic E-state index is 12.2. The molecule has 0 unspecified atom stereocenters. The van der Waals surface area contributed by atoms with Crippen LogP contribution in [0.1, 0.15) is 46.3 Å².